The lowest BCUT2D eigenvalue weighted by molar-refractivity contribution is 0.112. The summed E-state index contributed by atoms with van der Waals surface area (Å²) in [5.41, 5.74) is 0.551. The van der Waals surface area contributed by atoms with Crippen molar-refractivity contribution in [1.29, 1.82) is 0 Å². The lowest BCUT2D eigenvalue weighted by atomic mass is 10.3. The molecule has 3 heteroatoms. The number of aldehydes is 1. The van der Waals surface area contributed by atoms with Gasteiger partial charge in [-0.1, -0.05) is 0 Å². The molecule has 0 bridgehead atoms. The molecular weight excluding hydrogens is 152 g/mol. The number of rotatable bonds is 3. The maximum absolute atomic E-state index is 10.3. The SMILES string of the molecule is O=Cc1cnc(CC2CC2)nc1. The first-order chi connectivity index (χ1) is 5.88. The van der Waals surface area contributed by atoms with Gasteiger partial charge in [0.25, 0.3) is 0 Å². The molecular formula is C9H10N2O. The van der Waals surface area contributed by atoms with Crippen LogP contribution < -0.4 is 0 Å². The predicted octanol–water partition coefficient (Wildman–Crippen LogP) is 1.24. The van der Waals surface area contributed by atoms with E-state index in [2.05, 4.69) is 9.97 Å². The van der Waals surface area contributed by atoms with E-state index in [0.717, 1.165) is 24.4 Å². The number of nitrogens with zero attached hydrogens (tertiary/aromatic N) is 2. The first kappa shape index (κ1) is 7.40. The van der Waals surface area contributed by atoms with Gasteiger partial charge >= 0.3 is 0 Å². The summed E-state index contributed by atoms with van der Waals surface area (Å²) in [6.45, 7) is 0. The first-order valence-electron chi connectivity index (χ1n) is 4.14. The van der Waals surface area contributed by atoms with E-state index in [1.165, 1.54) is 12.8 Å². The number of hydrogen-bond acceptors (Lipinski definition) is 3. The molecule has 0 aliphatic heterocycles. The molecule has 0 spiro atoms. The largest absolute Gasteiger partial charge is 0.298 e. The summed E-state index contributed by atoms with van der Waals surface area (Å²) in [5, 5.41) is 0. The molecule has 3 nitrogen and oxygen atoms in total. The fourth-order valence-corrected chi connectivity index (χ4v) is 1.11. The van der Waals surface area contributed by atoms with Crippen molar-refractivity contribution in [2.75, 3.05) is 0 Å². The van der Waals surface area contributed by atoms with E-state index >= 15 is 0 Å². The van der Waals surface area contributed by atoms with Gasteiger partial charge < -0.3 is 0 Å². The maximum Gasteiger partial charge on any atom is 0.153 e. The van der Waals surface area contributed by atoms with E-state index in [-0.39, 0.29) is 0 Å². The molecule has 2 rings (SSSR count). The topological polar surface area (TPSA) is 42.9 Å². The van der Waals surface area contributed by atoms with Crippen molar-refractivity contribution >= 4 is 6.29 Å². The quantitative estimate of drug-likeness (QED) is 0.628. The molecule has 0 atom stereocenters. The summed E-state index contributed by atoms with van der Waals surface area (Å²) in [6.07, 6.45) is 7.51. The molecule has 1 fully saturated rings. The minimum Gasteiger partial charge on any atom is -0.298 e. The maximum atomic E-state index is 10.3. The van der Waals surface area contributed by atoms with Crippen molar-refractivity contribution in [3.63, 3.8) is 0 Å². The van der Waals surface area contributed by atoms with Crippen LogP contribution in [0, 0.1) is 5.92 Å². The fourth-order valence-electron chi connectivity index (χ4n) is 1.11. The molecule has 1 aliphatic rings. The third-order valence-corrected chi connectivity index (χ3v) is 2.03. The predicted molar refractivity (Wildman–Crippen MR) is 43.8 cm³/mol. The molecule has 0 radical (unpaired) electrons. The van der Waals surface area contributed by atoms with Crippen LogP contribution in [0.15, 0.2) is 12.4 Å². The van der Waals surface area contributed by atoms with Crippen molar-refractivity contribution in [3.8, 4) is 0 Å². The molecule has 0 unspecified atom stereocenters. The summed E-state index contributed by atoms with van der Waals surface area (Å²) in [6, 6.07) is 0. The summed E-state index contributed by atoms with van der Waals surface area (Å²) < 4.78 is 0. The van der Waals surface area contributed by atoms with Gasteiger partial charge in [0.1, 0.15) is 5.82 Å². The van der Waals surface area contributed by atoms with E-state index in [4.69, 9.17) is 0 Å². The Morgan fingerprint density at radius 1 is 1.42 bits per heavy atom. The smallest absolute Gasteiger partial charge is 0.153 e. The summed E-state index contributed by atoms with van der Waals surface area (Å²) in [4.78, 5) is 18.4. The second kappa shape index (κ2) is 3.01. The monoisotopic (exact) mass is 162 g/mol. The van der Waals surface area contributed by atoms with Gasteiger partial charge in [0, 0.05) is 18.8 Å². The van der Waals surface area contributed by atoms with Crippen LogP contribution in [0.1, 0.15) is 29.0 Å². The highest BCUT2D eigenvalue weighted by atomic mass is 16.1. The molecule has 1 aromatic heterocycles. The standard InChI is InChI=1S/C9H10N2O/c12-6-8-4-10-9(11-5-8)3-7-1-2-7/h4-7H,1-3H2. The third kappa shape index (κ3) is 1.67. The number of carbonyl (C=O) groups excluding carboxylic acids is 1. The third-order valence-electron chi connectivity index (χ3n) is 2.03. The number of aromatic nitrogens is 2. The Hall–Kier alpha value is -1.25. The van der Waals surface area contributed by atoms with Crippen LogP contribution in [0.2, 0.25) is 0 Å². The summed E-state index contributed by atoms with van der Waals surface area (Å²) in [5.74, 6) is 1.66. The zero-order chi connectivity index (χ0) is 8.39. The first-order valence-corrected chi connectivity index (χ1v) is 4.14. The lowest BCUT2D eigenvalue weighted by Crippen LogP contribution is -1.96. The van der Waals surface area contributed by atoms with Gasteiger partial charge in [-0.3, -0.25) is 4.79 Å². The molecule has 0 N–H and O–H groups in total. The highest BCUT2D eigenvalue weighted by Crippen LogP contribution is 2.31. The Morgan fingerprint density at radius 3 is 2.58 bits per heavy atom. The van der Waals surface area contributed by atoms with E-state index in [9.17, 15) is 4.79 Å². The molecule has 0 amide bonds. The molecule has 12 heavy (non-hydrogen) atoms. The van der Waals surface area contributed by atoms with Crippen molar-refractivity contribution in [2.24, 2.45) is 5.92 Å². The van der Waals surface area contributed by atoms with Gasteiger partial charge in [0.05, 0.1) is 5.56 Å². The number of carbonyl (C=O) groups is 1. The molecule has 1 heterocycles. The van der Waals surface area contributed by atoms with Gasteiger partial charge in [-0.05, 0) is 18.8 Å². The Kier molecular flexibility index (Phi) is 1.86. The summed E-state index contributed by atoms with van der Waals surface area (Å²) in [7, 11) is 0. The minimum atomic E-state index is 0.551. The van der Waals surface area contributed by atoms with E-state index in [1.54, 1.807) is 12.4 Å². The Bertz CT molecular complexity index is 277. The van der Waals surface area contributed by atoms with Gasteiger partial charge in [-0.2, -0.15) is 0 Å². The van der Waals surface area contributed by atoms with Crippen LogP contribution in [0.3, 0.4) is 0 Å². The fraction of sp³-hybridized carbons (Fsp3) is 0.444. The van der Waals surface area contributed by atoms with Crippen LogP contribution in [0.25, 0.3) is 0 Å². The van der Waals surface area contributed by atoms with Crippen molar-refractivity contribution in [3.05, 3.63) is 23.8 Å². The second-order valence-electron chi connectivity index (χ2n) is 3.20. The van der Waals surface area contributed by atoms with Crippen LogP contribution in [0.4, 0.5) is 0 Å². The zero-order valence-electron chi connectivity index (χ0n) is 6.73. The van der Waals surface area contributed by atoms with Crippen molar-refractivity contribution < 1.29 is 4.79 Å². The Balaban J connectivity index is 2.07. The van der Waals surface area contributed by atoms with E-state index in [0.29, 0.717) is 5.56 Å². The van der Waals surface area contributed by atoms with Gasteiger partial charge in [0.2, 0.25) is 0 Å². The lowest BCUT2D eigenvalue weighted by Gasteiger charge is -1.95. The minimum absolute atomic E-state index is 0.551. The van der Waals surface area contributed by atoms with E-state index < -0.39 is 0 Å². The van der Waals surface area contributed by atoms with Crippen LogP contribution >= 0.6 is 0 Å². The van der Waals surface area contributed by atoms with Gasteiger partial charge in [-0.15, -0.1) is 0 Å². The molecule has 0 aromatic carbocycles. The highest BCUT2D eigenvalue weighted by Gasteiger charge is 2.22. The second-order valence-corrected chi connectivity index (χ2v) is 3.20. The Morgan fingerprint density at radius 2 is 2.08 bits per heavy atom. The van der Waals surface area contributed by atoms with Gasteiger partial charge in [-0.25, -0.2) is 9.97 Å². The highest BCUT2D eigenvalue weighted by molar-refractivity contribution is 5.73. The van der Waals surface area contributed by atoms with Crippen molar-refractivity contribution in [1.82, 2.24) is 9.97 Å². The zero-order valence-corrected chi connectivity index (χ0v) is 6.73. The molecule has 62 valence electrons. The van der Waals surface area contributed by atoms with Crippen molar-refractivity contribution in [2.45, 2.75) is 19.3 Å². The van der Waals surface area contributed by atoms with Crippen LogP contribution in [-0.4, -0.2) is 16.3 Å². The van der Waals surface area contributed by atoms with Crippen LogP contribution in [0.5, 0.6) is 0 Å². The number of hydrogen-bond donors (Lipinski definition) is 0. The normalized spacial score (nSPS) is 16.0. The molecule has 1 aliphatic carbocycles. The summed E-state index contributed by atoms with van der Waals surface area (Å²) >= 11 is 0. The average Bonchev–Trinajstić information content (AvgIpc) is 2.90. The van der Waals surface area contributed by atoms with Gasteiger partial charge in [0.15, 0.2) is 6.29 Å². The molecule has 1 saturated carbocycles. The molecule has 0 saturated heterocycles. The Labute approximate surface area is 70.9 Å². The molecule has 1 aromatic rings. The van der Waals surface area contributed by atoms with E-state index in [1.807, 2.05) is 0 Å². The average molecular weight is 162 g/mol. The van der Waals surface area contributed by atoms with Crippen LogP contribution in [-0.2, 0) is 6.42 Å².